The van der Waals surface area contributed by atoms with Gasteiger partial charge < -0.3 is 9.47 Å². The summed E-state index contributed by atoms with van der Waals surface area (Å²) in [6.45, 7) is 5.90. The fourth-order valence-corrected chi connectivity index (χ4v) is 1.07. The summed E-state index contributed by atoms with van der Waals surface area (Å²) >= 11 is 0. The average molecular weight is 228 g/mol. The van der Waals surface area contributed by atoms with Crippen molar-refractivity contribution >= 4 is 11.9 Å². The number of allylic oxidation sites excluding steroid dienone is 1. The Morgan fingerprint density at radius 1 is 1.19 bits per heavy atom. The van der Waals surface area contributed by atoms with Gasteiger partial charge in [-0.1, -0.05) is 26.3 Å². The van der Waals surface area contributed by atoms with Crippen LogP contribution in [0.3, 0.4) is 0 Å². The van der Waals surface area contributed by atoms with Crippen molar-refractivity contribution in [3.05, 3.63) is 11.6 Å². The number of hydrogen-bond acceptors (Lipinski definition) is 4. The lowest BCUT2D eigenvalue weighted by Crippen LogP contribution is -2.18. The van der Waals surface area contributed by atoms with Crippen LogP contribution in [0.1, 0.15) is 40.0 Å². The van der Waals surface area contributed by atoms with Gasteiger partial charge in [0, 0.05) is 12.2 Å². The van der Waals surface area contributed by atoms with E-state index < -0.39 is 11.9 Å². The molecular formula is C12H20O4. The summed E-state index contributed by atoms with van der Waals surface area (Å²) in [5, 5.41) is 0. The molecule has 0 unspecified atom stereocenters. The summed E-state index contributed by atoms with van der Waals surface area (Å²) in [5.74, 6) is -1.19. The number of esters is 2. The minimum Gasteiger partial charge on any atom is -0.388 e. The van der Waals surface area contributed by atoms with Gasteiger partial charge in [-0.25, -0.2) is 9.59 Å². The number of rotatable bonds is 7. The van der Waals surface area contributed by atoms with Gasteiger partial charge in [-0.05, 0) is 19.8 Å². The molecular weight excluding hydrogens is 208 g/mol. The SMILES string of the molecule is CCCC=C(CC)C(=O)OC(=O)COCC. The topological polar surface area (TPSA) is 52.6 Å². The van der Waals surface area contributed by atoms with Crippen LogP contribution in [0.2, 0.25) is 0 Å². The molecule has 4 heteroatoms. The van der Waals surface area contributed by atoms with Crippen molar-refractivity contribution in [3.63, 3.8) is 0 Å². The average Bonchev–Trinajstić information content (AvgIpc) is 2.27. The van der Waals surface area contributed by atoms with E-state index in [9.17, 15) is 9.59 Å². The Hall–Kier alpha value is -1.16. The summed E-state index contributed by atoms with van der Waals surface area (Å²) in [6, 6.07) is 0. The van der Waals surface area contributed by atoms with Gasteiger partial charge in [-0.3, -0.25) is 0 Å². The maximum Gasteiger partial charge on any atom is 0.341 e. The van der Waals surface area contributed by atoms with Crippen molar-refractivity contribution in [2.45, 2.75) is 40.0 Å². The van der Waals surface area contributed by atoms with E-state index in [4.69, 9.17) is 4.74 Å². The predicted molar refractivity (Wildman–Crippen MR) is 60.9 cm³/mol. The monoisotopic (exact) mass is 228 g/mol. The van der Waals surface area contributed by atoms with Gasteiger partial charge in [0.1, 0.15) is 6.61 Å². The first-order chi connectivity index (χ1) is 7.65. The second kappa shape index (κ2) is 9.09. The standard InChI is InChI=1S/C12H20O4/c1-4-7-8-10(5-2)12(14)16-11(13)9-15-6-3/h8H,4-7,9H2,1-3H3. The molecule has 0 N–H and O–H groups in total. The molecule has 92 valence electrons. The predicted octanol–water partition coefficient (Wildman–Crippen LogP) is 2.23. The molecule has 0 atom stereocenters. The van der Waals surface area contributed by atoms with Crippen LogP contribution in [-0.4, -0.2) is 25.2 Å². The first-order valence-electron chi connectivity index (χ1n) is 5.67. The lowest BCUT2D eigenvalue weighted by molar-refractivity contribution is -0.160. The highest BCUT2D eigenvalue weighted by atomic mass is 16.6. The lowest BCUT2D eigenvalue weighted by atomic mass is 10.1. The second-order valence-electron chi connectivity index (χ2n) is 3.27. The van der Waals surface area contributed by atoms with Crippen LogP contribution in [0.5, 0.6) is 0 Å². The van der Waals surface area contributed by atoms with Crippen molar-refractivity contribution in [2.75, 3.05) is 13.2 Å². The van der Waals surface area contributed by atoms with Crippen LogP contribution >= 0.6 is 0 Å². The summed E-state index contributed by atoms with van der Waals surface area (Å²) in [4.78, 5) is 22.6. The van der Waals surface area contributed by atoms with Crippen LogP contribution < -0.4 is 0 Å². The van der Waals surface area contributed by atoms with Crippen molar-refractivity contribution in [2.24, 2.45) is 0 Å². The van der Waals surface area contributed by atoms with E-state index >= 15 is 0 Å². The highest BCUT2D eigenvalue weighted by Crippen LogP contribution is 2.06. The zero-order valence-corrected chi connectivity index (χ0v) is 10.2. The quantitative estimate of drug-likeness (QED) is 0.381. The molecule has 0 radical (unpaired) electrons. The maximum absolute atomic E-state index is 11.5. The Morgan fingerprint density at radius 2 is 1.88 bits per heavy atom. The number of unbranched alkanes of at least 4 members (excludes halogenated alkanes) is 1. The van der Waals surface area contributed by atoms with E-state index in [2.05, 4.69) is 4.74 Å². The van der Waals surface area contributed by atoms with Crippen molar-refractivity contribution < 1.29 is 19.1 Å². The van der Waals surface area contributed by atoms with Gasteiger partial charge >= 0.3 is 11.9 Å². The maximum atomic E-state index is 11.5. The van der Waals surface area contributed by atoms with Gasteiger partial charge in [-0.2, -0.15) is 0 Å². The Morgan fingerprint density at radius 3 is 2.38 bits per heavy atom. The molecule has 0 aromatic heterocycles. The first-order valence-corrected chi connectivity index (χ1v) is 5.67. The summed E-state index contributed by atoms with van der Waals surface area (Å²) in [5.41, 5.74) is 0.548. The number of ether oxygens (including phenoxy) is 2. The summed E-state index contributed by atoms with van der Waals surface area (Å²) < 4.78 is 9.48. The van der Waals surface area contributed by atoms with Crippen LogP contribution in [0.25, 0.3) is 0 Å². The minimum atomic E-state index is -0.636. The molecule has 0 saturated carbocycles. The van der Waals surface area contributed by atoms with Crippen molar-refractivity contribution in [1.29, 1.82) is 0 Å². The molecule has 0 fully saturated rings. The molecule has 0 rings (SSSR count). The molecule has 4 nitrogen and oxygen atoms in total. The number of carbonyl (C=O) groups is 2. The summed E-state index contributed by atoms with van der Waals surface area (Å²) in [6.07, 6.45) is 4.17. The third kappa shape index (κ3) is 6.35. The zero-order chi connectivity index (χ0) is 12.4. The molecule has 0 aromatic rings. The van der Waals surface area contributed by atoms with E-state index in [1.165, 1.54) is 0 Å². The number of carbonyl (C=O) groups excluding carboxylic acids is 2. The van der Waals surface area contributed by atoms with Crippen LogP contribution in [0.4, 0.5) is 0 Å². The summed E-state index contributed by atoms with van der Waals surface area (Å²) in [7, 11) is 0. The molecule has 0 amide bonds. The van der Waals surface area contributed by atoms with Crippen LogP contribution in [-0.2, 0) is 19.1 Å². The van der Waals surface area contributed by atoms with E-state index in [0.717, 1.165) is 12.8 Å². The normalized spacial score (nSPS) is 11.3. The Labute approximate surface area is 96.6 Å². The van der Waals surface area contributed by atoms with Gasteiger partial charge in [0.05, 0.1) is 0 Å². The fourth-order valence-electron chi connectivity index (χ4n) is 1.07. The Bertz CT molecular complexity index is 256. The molecule has 0 heterocycles. The van der Waals surface area contributed by atoms with Gasteiger partial charge in [0.2, 0.25) is 0 Å². The second-order valence-corrected chi connectivity index (χ2v) is 3.27. The van der Waals surface area contributed by atoms with E-state index in [1.807, 2.05) is 19.9 Å². The molecule has 0 aliphatic carbocycles. The molecule has 16 heavy (non-hydrogen) atoms. The molecule has 0 saturated heterocycles. The van der Waals surface area contributed by atoms with Crippen LogP contribution in [0.15, 0.2) is 11.6 Å². The zero-order valence-electron chi connectivity index (χ0n) is 10.2. The highest BCUT2D eigenvalue weighted by molar-refractivity contribution is 5.96. The molecule has 0 spiro atoms. The fraction of sp³-hybridized carbons (Fsp3) is 0.667. The Kier molecular flexibility index (Phi) is 8.43. The van der Waals surface area contributed by atoms with Crippen LogP contribution in [0, 0.1) is 0 Å². The minimum absolute atomic E-state index is 0.174. The Balaban J connectivity index is 4.15. The smallest absolute Gasteiger partial charge is 0.341 e. The van der Waals surface area contributed by atoms with Crippen molar-refractivity contribution in [1.82, 2.24) is 0 Å². The third-order valence-corrected chi connectivity index (χ3v) is 1.95. The number of hydrogen-bond donors (Lipinski definition) is 0. The van der Waals surface area contributed by atoms with Gasteiger partial charge in [0.15, 0.2) is 0 Å². The molecule has 0 bridgehead atoms. The first kappa shape index (κ1) is 14.8. The lowest BCUT2D eigenvalue weighted by Gasteiger charge is -2.05. The van der Waals surface area contributed by atoms with E-state index in [-0.39, 0.29) is 6.61 Å². The molecule has 0 aliphatic heterocycles. The van der Waals surface area contributed by atoms with E-state index in [0.29, 0.717) is 18.6 Å². The van der Waals surface area contributed by atoms with Gasteiger partial charge in [-0.15, -0.1) is 0 Å². The van der Waals surface area contributed by atoms with Crippen molar-refractivity contribution in [3.8, 4) is 0 Å². The van der Waals surface area contributed by atoms with E-state index in [1.54, 1.807) is 6.92 Å². The largest absolute Gasteiger partial charge is 0.388 e. The molecule has 0 aromatic carbocycles. The van der Waals surface area contributed by atoms with Gasteiger partial charge in [0.25, 0.3) is 0 Å². The highest BCUT2D eigenvalue weighted by Gasteiger charge is 2.13. The molecule has 0 aliphatic rings. The third-order valence-electron chi connectivity index (χ3n) is 1.95.